The number of nitrogens with one attached hydrogen (secondary N) is 1. The number of hydrogen-bond acceptors (Lipinski definition) is 6. The molecule has 0 aliphatic carbocycles. The number of benzene rings is 1. The number of sulfonamides is 1. The predicted octanol–water partition coefficient (Wildman–Crippen LogP) is 0.615. The monoisotopic (exact) mass is 369 g/mol. The Balaban J connectivity index is 1.63. The molecule has 0 saturated carbocycles. The number of ether oxygens (including phenoxy) is 1. The Morgan fingerprint density at radius 2 is 2.00 bits per heavy atom. The van der Waals surface area contributed by atoms with Gasteiger partial charge >= 0.3 is 5.76 Å². The summed E-state index contributed by atoms with van der Waals surface area (Å²) in [6.07, 6.45) is 0.725. The van der Waals surface area contributed by atoms with Gasteiger partial charge in [0.15, 0.2) is 5.58 Å². The van der Waals surface area contributed by atoms with Crippen molar-refractivity contribution in [3.8, 4) is 0 Å². The number of aromatic nitrogens is 1. The molecule has 2 heterocycles. The molecule has 25 heavy (non-hydrogen) atoms. The van der Waals surface area contributed by atoms with Crippen molar-refractivity contribution in [2.24, 2.45) is 0 Å². The molecule has 1 aliphatic heterocycles. The molecule has 1 saturated heterocycles. The lowest BCUT2D eigenvalue weighted by Gasteiger charge is -2.26. The maximum Gasteiger partial charge on any atom is 0.419 e. The molecule has 0 spiro atoms. The zero-order chi connectivity index (χ0) is 17.9. The molecule has 0 amide bonds. The molecule has 0 radical (unpaired) electrons. The molecular formula is C16H23N3O5S. The second-order valence-electron chi connectivity index (χ2n) is 5.95. The van der Waals surface area contributed by atoms with Gasteiger partial charge in [-0.1, -0.05) is 0 Å². The molecule has 138 valence electrons. The van der Waals surface area contributed by atoms with Crippen molar-refractivity contribution in [1.29, 1.82) is 0 Å². The Bertz CT molecular complexity index is 881. The normalized spacial score (nSPS) is 16.5. The second kappa shape index (κ2) is 7.69. The minimum Gasteiger partial charge on any atom is -0.408 e. The van der Waals surface area contributed by atoms with Gasteiger partial charge in [0.1, 0.15) is 0 Å². The van der Waals surface area contributed by atoms with Crippen molar-refractivity contribution in [3.05, 3.63) is 28.7 Å². The number of rotatable bonds is 7. The van der Waals surface area contributed by atoms with E-state index < -0.39 is 15.8 Å². The first-order valence-corrected chi connectivity index (χ1v) is 9.93. The fourth-order valence-corrected chi connectivity index (χ4v) is 4.02. The van der Waals surface area contributed by atoms with Gasteiger partial charge < -0.3 is 9.15 Å². The minimum absolute atomic E-state index is 0.100. The fourth-order valence-electron chi connectivity index (χ4n) is 2.93. The first-order chi connectivity index (χ1) is 12.0. The van der Waals surface area contributed by atoms with Gasteiger partial charge in [-0.05, 0) is 32.0 Å². The summed E-state index contributed by atoms with van der Waals surface area (Å²) < 4.78 is 39.3. The maximum absolute atomic E-state index is 12.4. The number of nitrogens with zero attached hydrogens (tertiary/aromatic N) is 2. The molecule has 2 aromatic rings. The summed E-state index contributed by atoms with van der Waals surface area (Å²) >= 11 is 0. The van der Waals surface area contributed by atoms with Crippen LogP contribution in [0.15, 0.2) is 32.3 Å². The zero-order valence-electron chi connectivity index (χ0n) is 14.2. The van der Waals surface area contributed by atoms with Crippen LogP contribution in [0, 0.1) is 0 Å². The van der Waals surface area contributed by atoms with E-state index in [4.69, 9.17) is 9.15 Å². The van der Waals surface area contributed by atoms with Gasteiger partial charge in [0.05, 0.1) is 23.6 Å². The molecule has 1 aromatic heterocycles. The van der Waals surface area contributed by atoms with E-state index in [-0.39, 0.29) is 10.5 Å². The largest absolute Gasteiger partial charge is 0.419 e. The van der Waals surface area contributed by atoms with Gasteiger partial charge in [-0.25, -0.2) is 17.9 Å². The van der Waals surface area contributed by atoms with Crippen LogP contribution in [0.3, 0.4) is 0 Å². The van der Waals surface area contributed by atoms with Crippen molar-refractivity contribution < 1.29 is 17.6 Å². The third-order valence-electron chi connectivity index (χ3n) is 4.31. The van der Waals surface area contributed by atoms with Crippen LogP contribution in [0.2, 0.25) is 0 Å². The van der Waals surface area contributed by atoms with E-state index in [1.165, 1.54) is 16.7 Å². The molecule has 1 aromatic carbocycles. The zero-order valence-corrected chi connectivity index (χ0v) is 15.0. The summed E-state index contributed by atoms with van der Waals surface area (Å²) in [5.41, 5.74) is 0.877. The number of hydrogen-bond donors (Lipinski definition) is 1. The average Bonchev–Trinajstić information content (AvgIpc) is 2.93. The van der Waals surface area contributed by atoms with Crippen molar-refractivity contribution in [3.63, 3.8) is 0 Å². The third kappa shape index (κ3) is 4.12. The lowest BCUT2D eigenvalue weighted by molar-refractivity contribution is 0.0376. The summed E-state index contributed by atoms with van der Waals surface area (Å²) in [6.45, 7) is 6.72. The van der Waals surface area contributed by atoms with Crippen LogP contribution in [0.5, 0.6) is 0 Å². The smallest absolute Gasteiger partial charge is 0.408 e. The van der Waals surface area contributed by atoms with Crippen molar-refractivity contribution in [2.45, 2.75) is 24.8 Å². The topological polar surface area (TPSA) is 93.8 Å². The van der Waals surface area contributed by atoms with Gasteiger partial charge in [0.25, 0.3) is 0 Å². The van der Waals surface area contributed by atoms with Crippen LogP contribution < -0.4 is 10.5 Å². The molecule has 0 bridgehead atoms. The summed E-state index contributed by atoms with van der Waals surface area (Å²) in [5.74, 6) is -0.481. The van der Waals surface area contributed by atoms with Crippen molar-refractivity contribution >= 4 is 21.1 Å². The summed E-state index contributed by atoms with van der Waals surface area (Å²) in [4.78, 5) is 14.1. The number of fused-ring (bicyclic) bond motifs is 1. The standard InChI is InChI=1S/C16H23N3O5S/c1-2-19-14-5-4-13(12-15(14)24-16(19)20)25(21,22)17-6-3-7-18-8-10-23-11-9-18/h4-5,12,17H,2-3,6-11H2,1H3. The fraction of sp³-hybridized carbons (Fsp3) is 0.562. The van der Waals surface area contributed by atoms with E-state index in [1.807, 2.05) is 6.92 Å². The predicted molar refractivity (Wildman–Crippen MR) is 93.2 cm³/mol. The van der Waals surface area contributed by atoms with E-state index in [0.29, 0.717) is 18.6 Å². The van der Waals surface area contributed by atoms with Gasteiger partial charge in [-0.15, -0.1) is 0 Å². The molecule has 3 rings (SSSR count). The van der Waals surface area contributed by atoms with Crippen LogP contribution in [-0.2, 0) is 21.3 Å². The molecule has 0 unspecified atom stereocenters. The van der Waals surface area contributed by atoms with Gasteiger partial charge in [0, 0.05) is 32.2 Å². The minimum atomic E-state index is -3.63. The van der Waals surface area contributed by atoms with Gasteiger partial charge in [-0.2, -0.15) is 0 Å². The molecular weight excluding hydrogens is 346 g/mol. The van der Waals surface area contributed by atoms with Crippen LogP contribution >= 0.6 is 0 Å². The number of aryl methyl sites for hydroxylation is 1. The third-order valence-corrected chi connectivity index (χ3v) is 5.77. The maximum atomic E-state index is 12.4. The highest BCUT2D eigenvalue weighted by molar-refractivity contribution is 7.89. The van der Waals surface area contributed by atoms with Crippen LogP contribution in [0.1, 0.15) is 13.3 Å². The van der Waals surface area contributed by atoms with Gasteiger partial charge in [0.2, 0.25) is 10.0 Å². The first-order valence-electron chi connectivity index (χ1n) is 8.44. The van der Waals surface area contributed by atoms with Crippen LogP contribution in [-0.4, -0.2) is 57.3 Å². The number of morpholine rings is 1. The van der Waals surface area contributed by atoms with E-state index in [2.05, 4.69) is 9.62 Å². The van der Waals surface area contributed by atoms with Crippen LogP contribution in [0.25, 0.3) is 11.1 Å². The Labute approximate surface area is 146 Å². The molecule has 0 atom stereocenters. The Hall–Kier alpha value is -1.68. The molecule has 9 heteroatoms. The second-order valence-corrected chi connectivity index (χ2v) is 7.71. The number of oxazole rings is 1. The van der Waals surface area contributed by atoms with E-state index >= 15 is 0 Å². The highest BCUT2D eigenvalue weighted by atomic mass is 32.2. The summed E-state index contributed by atoms with van der Waals surface area (Å²) in [5, 5.41) is 0. The van der Waals surface area contributed by atoms with Crippen LogP contribution in [0.4, 0.5) is 0 Å². The Kier molecular flexibility index (Phi) is 5.57. The summed E-state index contributed by atoms with van der Waals surface area (Å²) in [7, 11) is -3.63. The molecule has 8 nitrogen and oxygen atoms in total. The molecule has 1 aliphatic rings. The highest BCUT2D eigenvalue weighted by Gasteiger charge is 2.17. The van der Waals surface area contributed by atoms with E-state index in [1.54, 1.807) is 6.07 Å². The quantitative estimate of drug-likeness (QED) is 0.719. The van der Waals surface area contributed by atoms with Crippen molar-refractivity contribution in [2.75, 3.05) is 39.4 Å². The molecule has 1 N–H and O–H groups in total. The van der Waals surface area contributed by atoms with Crippen molar-refractivity contribution in [1.82, 2.24) is 14.2 Å². The Morgan fingerprint density at radius 1 is 1.24 bits per heavy atom. The van der Waals surface area contributed by atoms with Gasteiger partial charge in [-0.3, -0.25) is 9.47 Å². The lowest BCUT2D eigenvalue weighted by atomic mass is 10.3. The van der Waals surface area contributed by atoms with E-state index in [0.717, 1.165) is 39.3 Å². The van der Waals surface area contributed by atoms with E-state index in [9.17, 15) is 13.2 Å². The first kappa shape index (κ1) is 18.1. The molecule has 1 fully saturated rings. The Morgan fingerprint density at radius 3 is 2.72 bits per heavy atom. The lowest BCUT2D eigenvalue weighted by Crippen LogP contribution is -2.38. The highest BCUT2D eigenvalue weighted by Crippen LogP contribution is 2.18. The average molecular weight is 369 g/mol. The summed E-state index contributed by atoms with van der Waals surface area (Å²) in [6, 6.07) is 4.49. The SMILES string of the molecule is CCn1c(=O)oc2cc(S(=O)(=O)NCCCN3CCOCC3)ccc21.